The number of hydrogen-bond acceptors (Lipinski definition) is 1. The summed E-state index contributed by atoms with van der Waals surface area (Å²) in [6.45, 7) is 1.74. The molecule has 0 fully saturated rings. The summed E-state index contributed by atoms with van der Waals surface area (Å²) in [6, 6.07) is 8.60. The van der Waals surface area contributed by atoms with E-state index >= 15 is 0 Å². The van der Waals surface area contributed by atoms with Crippen LogP contribution in [0.3, 0.4) is 0 Å². The lowest BCUT2D eigenvalue weighted by Gasteiger charge is -1.99. The maximum absolute atomic E-state index is 12.9. The van der Waals surface area contributed by atoms with E-state index in [4.69, 9.17) is 4.42 Å². The molecule has 1 nitrogen and oxygen atoms in total. The first-order valence-corrected chi connectivity index (χ1v) is 4.07. The van der Waals surface area contributed by atoms with E-state index in [1.165, 1.54) is 6.07 Å². The summed E-state index contributed by atoms with van der Waals surface area (Å²) in [5.41, 5.74) is 1.54. The van der Waals surface area contributed by atoms with Crippen LogP contribution in [0, 0.1) is 12.7 Å². The molecule has 1 aromatic carbocycles. The zero-order valence-electron chi connectivity index (χ0n) is 7.25. The molecule has 0 aliphatic rings. The molecule has 0 spiro atoms. The van der Waals surface area contributed by atoms with Crippen molar-refractivity contribution in [2.24, 2.45) is 0 Å². The molecular weight excluding hydrogens is 167 g/mol. The van der Waals surface area contributed by atoms with Crippen molar-refractivity contribution in [1.82, 2.24) is 0 Å². The smallest absolute Gasteiger partial charge is 0.133 e. The first-order chi connectivity index (χ1) is 6.27. The van der Waals surface area contributed by atoms with Crippen LogP contribution in [-0.2, 0) is 0 Å². The standard InChI is InChI=1S/C11H9FO/c1-8-7-9(4-5-10(8)12)11-3-2-6-13-11/h2-7H,1H3. The first-order valence-electron chi connectivity index (χ1n) is 4.07. The van der Waals surface area contributed by atoms with E-state index in [1.54, 1.807) is 25.3 Å². The van der Waals surface area contributed by atoms with E-state index in [2.05, 4.69) is 0 Å². The molecule has 0 N–H and O–H groups in total. The van der Waals surface area contributed by atoms with Crippen LogP contribution in [0.2, 0.25) is 0 Å². The van der Waals surface area contributed by atoms with Gasteiger partial charge in [-0.05, 0) is 42.8 Å². The molecule has 0 saturated carbocycles. The number of halogens is 1. The van der Waals surface area contributed by atoms with Gasteiger partial charge in [0.15, 0.2) is 0 Å². The van der Waals surface area contributed by atoms with Gasteiger partial charge in [-0.15, -0.1) is 0 Å². The van der Waals surface area contributed by atoms with Crippen molar-refractivity contribution < 1.29 is 8.81 Å². The predicted octanol–water partition coefficient (Wildman–Crippen LogP) is 3.39. The average molecular weight is 176 g/mol. The van der Waals surface area contributed by atoms with Gasteiger partial charge in [-0.1, -0.05) is 0 Å². The van der Waals surface area contributed by atoms with Crippen LogP contribution in [-0.4, -0.2) is 0 Å². The molecule has 2 rings (SSSR count). The Morgan fingerprint density at radius 1 is 1.23 bits per heavy atom. The Balaban J connectivity index is 2.49. The summed E-state index contributed by atoms with van der Waals surface area (Å²) in [5, 5.41) is 0. The number of benzene rings is 1. The number of rotatable bonds is 1. The molecule has 1 heterocycles. The highest BCUT2D eigenvalue weighted by molar-refractivity contribution is 5.58. The molecule has 66 valence electrons. The van der Waals surface area contributed by atoms with Crippen molar-refractivity contribution in [1.29, 1.82) is 0 Å². The largest absolute Gasteiger partial charge is 0.464 e. The summed E-state index contributed by atoms with van der Waals surface area (Å²) >= 11 is 0. The molecule has 0 bridgehead atoms. The Kier molecular flexibility index (Phi) is 1.89. The normalized spacial score (nSPS) is 10.3. The number of aryl methyl sites for hydroxylation is 1. The van der Waals surface area contributed by atoms with Crippen molar-refractivity contribution in [3.8, 4) is 11.3 Å². The van der Waals surface area contributed by atoms with Gasteiger partial charge in [0, 0.05) is 5.56 Å². The molecule has 13 heavy (non-hydrogen) atoms. The second kappa shape index (κ2) is 3.05. The number of furan rings is 1. The summed E-state index contributed by atoms with van der Waals surface area (Å²) in [6.07, 6.45) is 1.61. The molecule has 1 aromatic heterocycles. The van der Waals surface area contributed by atoms with E-state index in [0.717, 1.165) is 11.3 Å². The van der Waals surface area contributed by atoms with Crippen molar-refractivity contribution >= 4 is 0 Å². The molecule has 0 aliphatic carbocycles. The minimum atomic E-state index is -0.185. The molecule has 0 radical (unpaired) electrons. The third-order valence-corrected chi connectivity index (χ3v) is 1.96. The van der Waals surface area contributed by atoms with Gasteiger partial charge in [-0.2, -0.15) is 0 Å². The molecule has 0 atom stereocenters. The van der Waals surface area contributed by atoms with E-state index < -0.39 is 0 Å². The Labute approximate surface area is 75.8 Å². The van der Waals surface area contributed by atoms with E-state index in [0.29, 0.717) is 5.56 Å². The van der Waals surface area contributed by atoms with Crippen LogP contribution in [0.15, 0.2) is 41.0 Å². The summed E-state index contributed by atoms with van der Waals surface area (Å²) in [4.78, 5) is 0. The van der Waals surface area contributed by atoms with Gasteiger partial charge in [0.05, 0.1) is 6.26 Å². The lowest BCUT2D eigenvalue weighted by Crippen LogP contribution is -1.82. The van der Waals surface area contributed by atoms with Crippen molar-refractivity contribution in [3.05, 3.63) is 48.0 Å². The highest BCUT2D eigenvalue weighted by Gasteiger charge is 2.02. The van der Waals surface area contributed by atoms with Crippen molar-refractivity contribution in [2.75, 3.05) is 0 Å². The van der Waals surface area contributed by atoms with E-state index in [9.17, 15) is 4.39 Å². The van der Waals surface area contributed by atoms with Crippen LogP contribution in [0.25, 0.3) is 11.3 Å². The Hall–Kier alpha value is -1.57. The van der Waals surface area contributed by atoms with E-state index in [-0.39, 0.29) is 5.82 Å². The highest BCUT2D eigenvalue weighted by Crippen LogP contribution is 2.21. The molecule has 0 amide bonds. The van der Waals surface area contributed by atoms with Gasteiger partial charge in [0.2, 0.25) is 0 Å². The van der Waals surface area contributed by atoms with Crippen LogP contribution >= 0.6 is 0 Å². The Morgan fingerprint density at radius 2 is 2.08 bits per heavy atom. The van der Waals surface area contributed by atoms with Crippen LogP contribution < -0.4 is 0 Å². The van der Waals surface area contributed by atoms with Gasteiger partial charge in [-0.3, -0.25) is 0 Å². The van der Waals surface area contributed by atoms with Gasteiger partial charge < -0.3 is 4.42 Å². The fourth-order valence-corrected chi connectivity index (χ4v) is 1.24. The second-order valence-corrected chi connectivity index (χ2v) is 2.94. The van der Waals surface area contributed by atoms with E-state index in [1.807, 2.05) is 12.1 Å². The van der Waals surface area contributed by atoms with Gasteiger partial charge >= 0.3 is 0 Å². The maximum Gasteiger partial charge on any atom is 0.133 e. The zero-order chi connectivity index (χ0) is 9.26. The van der Waals surface area contributed by atoms with Crippen LogP contribution in [0.4, 0.5) is 4.39 Å². The highest BCUT2D eigenvalue weighted by atomic mass is 19.1. The fourth-order valence-electron chi connectivity index (χ4n) is 1.24. The molecule has 0 aliphatic heterocycles. The summed E-state index contributed by atoms with van der Waals surface area (Å²) < 4.78 is 18.1. The topological polar surface area (TPSA) is 13.1 Å². The summed E-state index contributed by atoms with van der Waals surface area (Å²) in [7, 11) is 0. The molecule has 0 saturated heterocycles. The van der Waals surface area contributed by atoms with Crippen LogP contribution in [0.5, 0.6) is 0 Å². The molecular formula is C11H9FO. The Morgan fingerprint density at radius 3 is 2.69 bits per heavy atom. The SMILES string of the molecule is Cc1cc(-c2ccco2)ccc1F. The molecule has 0 unspecified atom stereocenters. The fraction of sp³-hybridized carbons (Fsp3) is 0.0909. The number of hydrogen-bond donors (Lipinski definition) is 0. The van der Waals surface area contributed by atoms with Gasteiger partial charge in [0.1, 0.15) is 11.6 Å². The van der Waals surface area contributed by atoms with Crippen LogP contribution in [0.1, 0.15) is 5.56 Å². The zero-order valence-corrected chi connectivity index (χ0v) is 7.25. The minimum Gasteiger partial charge on any atom is -0.464 e. The average Bonchev–Trinajstić information content (AvgIpc) is 2.62. The summed E-state index contributed by atoms with van der Waals surface area (Å²) in [5.74, 6) is 0.582. The Bertz CT molecular complexity index is 404. The molecule has 2 heteroatoms. The first kappa shape index (κ1) is 8.05. The second-order valence-electron chi connectivity index (χ2n) is 2.94. The molecule has 2 aromatic rings. The minimum absolute atomic E-state index is 0.185. The quantitative estimate of drug-likeness (QED) is 0.649. The lowest BCUT2D eigenvalue weighted by atomic mass is 10.1. The van der Waals surface area contributed by atoms with Gasteiger partial charge in [0.25, 0.3) is 0 Å². The maximum atomic E-state index is 12.9. The van der Waals surface area contributed by atoms with Gasteiger partial charge in [-0.25, -0.2) is 4.39 Å². The van der Waals surface area contributed by atoms with Crippen molar-refractivity contribution in [2.45, 2.75) is 6.92 Å². The predicted molar refractivity (Wildman–Crippen MR) is 48.8 cm³/mol. The lowest BCUT2D eigenvalue weighted by molar-refractivity contribution is 0.581. The van der Waals surface area contributed by atoms with Crippen molar-refractivity contribution in [3.63, 3.8) is 0 Å². The monoisotopic (exact) mass is 176 g/mol. The third kappa shape index (κ3) is 1.47. The third-order valence-electron chi connectivity index (χ3n) is 1.96.